The van der Waals surface area contributed by atoms with Crippen LogP contribution >= 0.6 is 15.9 Å². The zero-order valence-electron chi connectivity index (χ0n) is 12.2. The first-order valence-corrected chi connectivity index (χ1v) is 7.58. The largest absolute Gasteiger partial charge is 0.461 e. The van der Waals surface area contributed by atoms with Crippen molar-refractivity contribution < 1.29 is 22.7 Å². The molecule has 3 rings (SSSR count). The number of ether oxygens (including phenoxy) is 1. The average molecular weight is 400 g/mol. The standard InChI is InChI=1S/C15H9BrF3N3O2/c1-2-24-15(23)12-13(16)22-4-3-20-11(14(22)21-12)8-5-7(17)6-9(18)10(8)19/h3-6H,2H2,1H3. The van der Waals surface area contributed by atoms with Gasteiger partial charge in [0.25, 0.3) is 0 Å². The van der Waals surface area contributed by atoms with Crippen LogP contribution in [0.25, 0.3) is 16.9 Å². The lowest BCUT2D eigenvalue weighted by Gasteiger charge is -2.05. The Labute approximate surface area is 142 Å². The predicted molar refractivity (Wildman–Crippen MR) is 82.0 cm³/mol. The van der Waals surface area contributed by atoms with E-state index in [9.17, 15) is 18.0 Å². The summed E-state index contributed by atoms with van der Waals surface area (Å²) in [4.78, 5) is 19.9. The number of carbonyl (C=O) groups is 1. The van der Waals surface area contributed by atoms with Crippen LogP contribution in [0.2, 0.25) is 0 Å². The van der Waals surface area contributed by atoms with Gasteiger partial charge in [0, 0.05) is 24.0 Å². The Morgan fingerprint density at radius 3 is 2.79 bits per heavy atom. The number of halogens is 4. The van der Waals surface area contributed by atoms with E-state index in [1.54, 1.807) is 6.92 Å². The second-order valence-electron chi connectivity index (χ2n) is 4.69. The van der Waals surface area contributed by atoms with Crippen molar-refractivity contribution in [1.29, 1.82) is 0 Å². The first-order chi connectivity index (χ1) is 11.4. The van der Waals surface area contributed by atoms with E-state index in [2.05, 4.69) is 25.9 Å². The van der Waals surface area contributed by atoms with Gasteiger partial charge >= 0.3 is 5.97 Å². The van der Waals surface area contributed by atoms with Crippen LogP contribution in [0, 0.1) is 17.5 Å². The molecule has 0 N–H and O–H groups in total. The van der Waals surface area contributed by atoms with Crippen LogP contribution in [0.4, 0.5) is 13.2 Å². The van der Waals surface area contributed by atoms with Crippen LogP contribution in [-0.4, -0.2) is 26.9 Å². The second kappa shape index (κ2) is 6.23. The molecule has 9 heteroatoms. The highest BCUT2D eigenvalue weighted by Crippen LogP contribution is 2.30. The number of imidazole rings is 1. The molecule has 0 bridgehead atoms. The number of hydrogen-bond acceptors (Lipinski definition) is 4. The van der Waals surface area contributed by atoms with Gasteiger partial charge in [-0.3, -0.25) is 9.38 Å². The number of hydrogen-bond donors (Lipinski definition) is 0. The van der Waals surface area contributed by atoms with Crippen LogP contribution < -0.4 is 0 Å². The summed E-state index contributed by atoms with van der Waals surface area (Å²) in [6.07, 6.45) is 2.76. The van der Waals surface area contributed by atoms with Gasteiger partial charge in [0.2, 0.25) is 0 Å². The van der Waals surface area contributed by atoms with Crippen LogP contribution in [-0.2, 0) is 4.74 Å². The Kier molecular flexibility index (Phi) is 4.27. The highest BCUT2D eigenvalue weighted by atomic mass is 79.9. The molecular weight excluding hydrogens is 391 g/mol. The van der Waals surface area contributed by atoms with Crippen molar-refractivity contribution in [2.45, 2.75) is 6.92 Å². The Hall–Kier alpha value is -2.42. The molecule has 0 aliphatic rings. The first-order valence-electron chi connectivity index (χ1n) is 6.78. The molecule has 0 fully saturated rings. The van der Waals surface area contributed by atoms with Gasteiger partial charge in [-0.05, 0) is 28.9 Å². The number of nitrogens with zero attached hydrogens (tertiary/aromatic N) is 3. The number of esters is 1. The molecule has 5 nitrogen and oxygen atoms in total. The monoisotopic (exact) mass is 399 g/mol. The molecule has 2 heterocycles. The fourth-order valence-electron chi connectivity index (χ4n) is 2.20. The van der Waals surface area contributed by atoms with E-state index in [-0.39, 0.29) is 28.2 Å². The minimum Gasteiger partial charge on any atom is -0.461 e. The van der Waals surface area contributed by atoms with Crippen molar-refractivity contribution in [2.75, 3.05) is 6.61 Å². The quantitative estimate of drug-likeness (QED) is 0.497. The summed E-state index contributed by atoms with van der Waals surface area (Å²) in [6, 6.07) is 1.25. The summed E-state index contributed by atoms with van der Waals surface area (Å²) < 4.78 is 47.6. The molecule has 124 valence electrons. The highest BCUT2D eigenvalue weighted by Gasteiger charge is 2.23. The Morgan fingerprint density at radius 2 is 2.08 bits per heavy atom. The van der Waals surface area contributed by atoms with Gasteiger partial charge in [-0.2, -0.15) is 0 Å². The summed E-state index contributed by atoms with van der Waals surface area (Å²) in [5.74, 6) is -4.24. The number of carbonyl (C=O) groups excluding carboxylic acids is 1. The summed E-state index contributed by atoms with van der Waals surface area (Å²) in [5, 5.41) is 0. The zero-order chi connectivity index (χ0) is 17.4. The van der Waals surface area contributed by atoms with E-state index in [4.69, 9.17) is 4.74 Å². The van der Waals surface area contributed by atoms with Gasteiger partial charge in [-0.1, -0.05) is 0 Å². The zero-order valence-corrected chi connectivity index (χ0v) is 13.8. The van der Waals surface area contributed by atoms with Gasteiger partial charge in [-0.25, -0.2) is 22.9 Å². The molecule has 1 aromatic carbocycles. The van der Waals surface area contributed by atoms with Crippen LogP contribution in [0.1, 0.15) is 17.4 Å². The normalized spacial score (nSPS) is 11.0. The molecule has 0 atom stereocenters. The van der Waals surface area contributed by atoms with Crippen LogP contribution in [0.15, 0.2) is 29.1 Å². The highest BCUT2D eigenvalue weighted by molar-refractivity contribution is 9.10. The molecular formula is C15H9BrF3N3O2. The molecule has 0 radical (unpaired) electrons. The smallest absolute Gasteiger partial charge is 0.359 e. The third-order valence-electron chi connectivity index (χ3n) is 3.20. The van der Waals surface area contributed by atoms with Gasteiger partial charge in [0.1, 0.15) is 16.1 Å². The van der Waals surface area contributed by atoms with E-state index in [0.717, 1.165) is 6.07 Å². The van der Waals surface area contributed by atoms with Crippen molar-refractivity contribution in [3.05, 3.63) is 52.3 Å². The first kappa shape index (κ1) is 16.4. The van der Waals surface area contributed by atoms with Crippen molar-refractivity contribution in [1.82, 2.24) is 14.4 Å². The minimum atomic E-state index is -1.34. The Morgan fingerprint density at radius 1 is 1.33 bits per heavy atom. The Bertz CT molecular complexity index is 959. The third kappa shape index (κ3) is 2.64. The maximum atomic E-state index is 14.1. The van der Waals surface area contributed by atoms with E-state index < -0.39 is 29.0 Å². The Balaban J connectivity index is 2.28. The average Bonchev–Trinajstić information content (AvgIpc) is 2.88. The van der Waals surface area contributed by atoms with E-state index in [0.29, 0.717) is 6.07 Å². The molecule has 0 aliphatic carbocycles. The van der Waals surface area contributed by atoms with Gasteiger partial charge in [0.15, 0.2) is 23.0 Å². The molecule has 3 aromatic rings. The summed E-state index contributed by atoms with van der Waals surface area (Å²) in [5.41, 5.74) is -0.504. The van der Waals surface area contributed by atoms with Crippen LogP contribution in [0.3, 0.4) is 0 Å². The molecule has 0 aliphatic heterocycles. The molecule has 24 heavy (non-hydrogen) atoms. The SMILES string of the molecule is CCOC(=O)c1nc2c(-c3cc(F)cc(F)c3F)nccn2c1Br. The molecule has 0 saturated heterocycles. The molecule has 0 amide bonds. The van der Waals surface area contributed by atoms with Crippen molar-refractivity contribution in [3.63, 3.8) is 0 Å². The lowest BCUT2D eigenvalue weighted by molar-refractivity contribution is 0.0519. The van der Waals surface area contributed by atoms with Gasteiger partial charge in [0.05, 0.1) is 6.61 Å². The fraction of sp³-hybridized carbons (Fsp3) is 0.133. The third-order valence-corrected chi connectivity index (χ3v) is 3.96. The summed E-state index contributed by atoms with van der Waals surface area (Å²) >= 11 is 3.21. The van der Waals surface area contributed by atoms with Gasteiger partial charge in [-0.15, -0.1) is 0 Å². The van der Waals surface area contributed by atoms with Crippen molar-refractivity contribution in [3.8, 4) is 11.3 Å². The summed E-state index contributed by atoms with van der Waals surface area (Å²) in [7, 11) is 0. The number of aromatic nitrogens is 3. The lowest BCUT2D eigenvalue weighted by Crippen LogP contribution is -2.05. The topological polar surface area (TPSA) is 56.5 Å². The minimum absolute atomic E-state index is 0.0522. The predicted octanol–water partition coefficient (Wildman–Crippen LogP) is 3.75. The lowest BCUT2D eigenvalue weighted by atomic mass is 10.1. The summed E-state index contributed by atoms with van der Waals surface area (Å²) in [6.45, 7) is 1.79. The van der Waals surface area contributed by atoms with E-state index >= 15 is 0 Å². The molecule has 0 saturated carbocycles. The fourth-order valence-corrected chi connectivity index (χ4v) is 2.73. The molecule has 2 aromatic heterocycles. The van der Waals surface area contributed by atoms with Crippen molar-refractivity contribution in [2.24, 2.45) is 0 Å². The van der Waals surface area contributed by atoms with E-state index in [1.165, 1.54) is 16.8 Å². The van der Waals surface area contributed by atoms with E-state index in [1.807, 2.05) is 0 Å². The molecule has 0 unspecified atom stereocenters. The van der Waals surface area contributed by atoms with Gasteiger partial charge < -0.3 is 4.74 Å². The van der Waals surface area contributed by atoms with Crippen LogP contribution in [0.5, 0.6) is 0 Å². The number of fused-ring (bicyclic) bond motifs is 1. The number of rotatable bonds is 3. The number of benzene rings is 1. The van der Waals surface area contributed by atoms with Crippen molar-refractivity contribution >= 4 is 27.5 Å². The maximum Gasteiger partial charge on any atom is 0.359 e. The second-order valence-corrected chi connectivity index (χ2v) is 5.44. The molecule has 0 spiro atoms. The maximum absolute atomic E-state index is 14.1.